The van der Waals surface area contributed by atoms with E-state index in [-0.39, 0.29) is 0 Å². The van der Waals surface area contributed by atoms with Crippen molar-refractivity contribution in [3.8, 4) is 5.69 Å². The van der Waals surface area contributed by atoms with Crippen LogP contribution in [0.15, 0.2) is 42.6 Å². The van der Waals surface area contributed by atoms with Crippen molar-refractivity contribution < 1.29 is 13.2 Å². The molecule has 1 aliphatic rings. The lowest BCUT2D eigenvalue weighted by Gasteiger charge is -2.14. The zero-order valence-corrected chi connectivity index (χ0v) is 10.9. The average molecular weight is 280 g/mol. The van der Waals surface area contributed by atoms with Crippen molar-refractivity contribution >= 4 is 5.69 Å². The number of alkyl halides is 3. The van der Waals surface area contributed by atoms with Gasteiger partial charge in [-0.25, -0.2) is 0 Å². The molecular weight excluding hydrogens is 265 g/mol. The van der Waals surface area contributed by atoms with Gasteiger partial charge in [0.1, 0.15) is 5.69 Å². The Morgan fingerprint density at radius 1 is 0.900 bits per heavy atom. The van der Waals surface area contributed by atoms with Gasteiger partial charge in [-0.05, 0) is 31.0 Å². The summed E-state index contributed by atoms with van der Waals surface area (Å²) in [6.07, 6.45) is -0.687. The van der Waals surface area contributed by atoms with Crippen molar-refractivity contribution in [1.82, 2.24) is 4.57 Å². The Hall–Kier alpha value is -1.91. The molecule has 1 aromatic heterocycles. The third kappa shape index (κ3) is 2.40. The van der Waals surface area contributed by atoms with E-state index in [9.17, 15) is 13.2 Å². The molecule has 1 fully saturated rings. The molecule has 5 heteroatoms. The molecule has 0 amide bonds. The van der Waals surface area contributed by atoms with Crippen LogP contribution in [-0.4, -0.2) is 17.7 Å². The Labute approximate surface area is 115 Å². The number of nitrogens with zero attached hydrogens (tertiary/aromatic N) is 2. The highest BCUT2D eigenvalue weighted by Crippen LogP contribution is 2.36. The molecule has 1 aliphatic heterocycles. The zero-order valence-electron chi connectivity index (χ0n) is 10.9. The van der Waals surface area contributed by atoms with Gasteiger partial charge in [-0.3, -0.25) is 0 Å². The molecule has 2 aromatic rings. The first kappa shape index (κ1) is 13.1. The van der Waals surface area contributed by atoms with Crippen LogP contribution in [0, 0.1) is 0 Å². The number of rotatable bonds is 2. The van der Waals surface area contributed by atoms with E-state index in [4.69, 9.17) is 0 Å². The summed E-state index contributed by atoms with van der Waals surface area (Å²) in [5.74, 6) is 0. The molecule has 106 valence electrons. The van der Waals surface area contributed by atoms with E-state index in [2.05, 4.69) is 0 Å². The van der Waals surface area contributed by atoms with E-state index in [0.717, 1.165) is 25.9 Å². The summed E-state index contributed by atoms with van der Waals surface area (Å²) in [6.45, 7) is 1.66. The molecule has 3 rings (SSSR count). The van der Waals surface area contributed by atoms with E-state index < -0.39 is 11.9 Å². The summed E-state index contributed by atoms with van der Waals surface area (Å²) in [4.78, 5) is 2.01. The molecule has 0 bridgehead atoms. The SMILES string of the molecule is FC(F)(F)c1cc(N2CCCC2)cn1-c1ccccc1. The third-order valence-electron chi connectivity index (χ3n) is 3.60. The number of anilines is 1. The maximum atomic E-state index is 13.2. The van der Waals surface area contributed by atoms with Crippen molar-refractivity contribution in [2.24, 2.45) is 0 Å². The molecule has 20 heavy (non-hydrogen) atoms. The van der Waals surface area contributed by atoms with Crippen LogP contribution in [0.1, 0.15) is 18.5 Å². The van der Waals surface area contributed by atoms with E-state index in [0.29, 0.717) is 11.4 Å². The molecular formula is C15H15F3N2. The van der Waals surface area contributed by atoms with Gasteiger partial charge in [-0.1, -0.05) is 18.2 Å². The summed E-state index contributed by atoms with van der Waals surface area (Å²) in [5.41, 5.74) is 0.564. The van der Waals surface area contributed by atoms with Gasteiger partial charge in [-0.2, -0.15) is 13.2 Å². The molecule has 0 atom stereocenters. The number of hydrogen-bond acceptors (Lipinski definition) is 1. The largest absolute Gasteiger partial charge is 0.431 e. The fraction of sp³-hybridized carbons (Fsp3) is 0.333. The summed E-state index contributed by atoms with van der Waals surface area (Å²) in [7, 11) is 0. The molecule has 0 spiro atoms. The Balaban J connectivity index is 2.07. The van der Waals surface area contributed by atoms with Crippen molar-refractivity contribution in [1.29, 1.82) is 0 Å². The standard InChI is InChI=1S/C15H15F3N2/c16-15(17,18)14-10-13(19-8-4-5-9-19)11-20(14)12-6-2-1-3-7-12/h1-3,6-7,10-11H,4-5,8-9H2. The molecule has 1 saturated heterocycles. The van der Waals surface area contributed by atoms with Crippen LogP contribution in [0.3, 0.4) is 0 Å². The van der Waals surface area contributed by atoms with Gasteiger partial charge in [0.05, 0.1) is 5.69 Å². The Bertz CT molecular complexity index is 581. The lowest BCUT2D eigenvalue weighted by atomic mass is 10.3. The monoisotopic (exact) mass is 280 g/mol. The third-order valence-corrected chi connectivity index (χ3v) is 3.60. The maximum Gasteiger partial charge on any atom is 0.431 e. The van der Waals surface area contributed by atoms with Gasteiger partial charge in [0, 0.05) is 25.0 Å². The molecule has 0 N–H and O–H groups in total. The molecule has 1 aromatic carbocycles. The Kier molecular flexibility index (Phi) is 3.20. The number of para-hydroxylation sites is 1. The first-order valence-corrected chi connectivity index (χ1v) is 6.66. The minimum atomic E-state index is -4.35. The number of benzene rings is 1. The van der Waals surface area contributed by atoms with Crippen LogP contribution in [0.5, 0.6) is 0 Å². The van der Waals surface area contributed by atoms with Crippen molar-refractivity contribution in [3.05, 3.63) is 48.3 Å². The lowest BCUT2D eigenvalue weighted by molar-refractivity contribution is -0.142. The second-order valence-electron chi connectivity index (χ2n) is 4.98. The van der Waals surface area contributed by atoms with Crippen LogP contribution in [0.4, 0.5) is 18.9 Å². The predicted octanol–water partition coefficient (Wildman–Crippen LogP) is 4.10. The van der Waals surface area contributed by atoms with Gasteiger partial charge in [0.25, 0.3) is 0 Å². The molecule has 0 saturated carbocycles. The molecule has 0 radical (unpaired) electrons. The van der Waals surface area contributed by atoms with Crippen molar-refractivity contribution in [2.75, 3.05) is 18.0 Å². The normalized spacial score (nSPS) is 15.8. The fourth-order valence-electron chi connectivity index (χ4n) is 2.62. The minimum Gasteiger partial charge on any atom is -0.370 e. The summed E-state index contributed by atoms with van der Waals surface area (Å²) in [6, 6.07) is 9.89. The topological polar surface area (TPSA) is 8.17 Å². The van der Waals surface area contributed by atoms with E-state index >= 15 is 0 Å². The zero-order chi connectivity index (χ0) is 14.2. The highest BCUT2D eigenvalue weighted by Gasteiger charge is 2.36. The lowest BCUT2D eigenvalue weighted by Crippen LogP contribution is -2.16. The second-order valence-corrected chi connectivity index (χ2v) is 4.98. The molecule has 2 heterocycles. The van der Waals surface area contributed by atoms with Crippen LogP contribution >= 0.6 is 0 Å². The second kappa shape index (κ2) is 4.89. The number of aromatic nitrogens is 1. The first-order valence-electron chi connectivity index (χ1n) is 6.66. The summed E-state index contributed by atoms with van der Waals surface area (Å²) in [5, 5.41) is 0. The Morgan fingerprint density at radius 3 is 2.15 bits per heavy atom. The maximum absolute atomic E-state index is 13.2. The van der Waals surface area contributed by atoms with Gasteiger partial charge in [0.2, 0.25) is 0 Å². The summed E-state index contributed by atoms with van der Waals surface area (Å²) < 4.78 is 40.8. The van der Waals surface area contributed by atoms with Gasteiger partial charge in [-0.15, -0.1) is 0 Å². The fourth-order valence-corrected chi connectivity index (χ4v) is 2.62. The van der Waals surface area contributed by atoms with Crippen LogP contribution in [-0.2, 0) is 6.18 Å². The Morgan fingerprint density at radius 2 is 1.55 bits per heavy atom. The minimum absolute atomic E-state index is 0.533. The first-order chi connectivity index (χ1) is 9.55. The van der Waals surface area contributed by atoms with Crippen molar-refractivity contribution in [2.45, 2.75) is 19.0 Å². The van der Waals surface area contributed by atoms with E-state index in [1.807, 2.05) is 4.90 Å². The van der Waals surface area contributed by atoms with Gasteiger partial charge >= 0.3 is 6.18 Å². The summed E-state index contributed by atoms with van der Waals surface area (Å²) >= 11 is 0. The van der Waals surface area contributed by atoms with E-state index in [1.165, 1.54) is 10.6 Å². The molecule has 0 aliphatic carbocycles. The van der Waals surface area contributed by atoms with Crippen LogP contribution in [0.25, 0.3) is 5.69 Å². The highest BCUT2D eigenvalue weighted by atomic mass is 19.4. The van der Waals surface area contributed by atoms with E-state index in [1.54, 1.807) is 36.5 Å². The molecule has 2 nitrogen and oxygen atoms in total. The average Bonchev–Trinajstić information content (AvgIpc) is 3.08. The van der Waals surface area contributed by atoms with Gasteiger partial charge < -0.3 is 9.47 Å². The predicted molar refractivity (Wildman–Crippen MR) is 72.2 cm³/mol. The molecule has 0 unspecified atom stereocenters. The van der Waals surface area contributed by atoms with Gasteiger partial charge in [0.15, 0.2) is 0 Å². The quantitative estimate of drug-likeness (QED) is 0.804. The van der Waals surface area contributed by atoms with Crippen molar-refractivity contribution in [3.63, 3.8) is 0 Å². The number of hydrogen-bond donors (Lipinski definition) is 0. The number of halogens is 3. The van der Waals surface area contributed by atoms with Crippen LogP contribution in [0.2, 0.25) is 0 Å². The van der Waals surface area contributed by atoms with Crippen LogP contribution < -0.4 is 4.90 Å². The highest BCUT2D eigenvalue weighted by molar-refractivity contribution is 5.52. The smallest absolute Gasteiger partial charge is 0.370 e.